The molecule has 9 heteroatoms. The van der Waals surface area contributed by atoms with Crippen molar-refractivity contribution in [1.29, 1.82) is 0 Å². The minimum Gasteiger partial charge on any atom is -0.432 e. The Morgan fingerprint density at radius 1 is 1.08 bits per heavy atom. The normalized spacial score (nSPS) is 22.5. The highest BCUT2D eigenvalue weighted by Crippen LogP contribution is 2.37. The first-order valence-corrected chi connectivity index (χ1v) is 12.6. The van der Waals surface area contributed by atoms with Crippen LogP contribution in [0, 0.1) is 0 Å². The Balaban J connectivity index is 1.29. The third-order valence-corrected chi connectivity index (χ3v) is 7.76. The number of anilines is 1. The molecule has 5 aromatic rings. The van der Waals surface area contributed by atoms with Crippen molar-refractivity contribution in [3.8, 4) is 11.4 Å². The number of likely N-dealkylation sites (tertiary alicyclic amines) is 1. The standard InChI is InChI=1S/C27H26N6O3/c1-2-20(19-4-5-28-22(19)3-1)25-30-23-21-10-16(13-33-14-18-11-17(33)15-35-18)12-29-27(21)36-24(23)26(31-25)32-6-8-34-9-7-32/h1-5,10,12,17-18,28H,6-9,11,13-15H2/t17-,18?/m0/s1. The van der Waals surface area contributed by atoms with Gasteiger partial charge in [0.15, 0.2) is 17.2 Å². The van der Waals surface area contributed by atoms with Gasteiger partial charge in [-0.15, -0.1) is 0 Å². The lowest BCUT2D eigenvalue weighted by Crippen LogP contribution is -2.37. The van der Waals surface area contributed by atoms with Gasteiger partial charge in [0.1, 0.15) is 5.52 Å². The van der Waals surface area contributed by atoms with Crippen molar-refractivity contribution in [1.82, 2.24) is 24.8 Å². The summed E-state index contributed by atoms with van der Waals surface area (Å²) < 4.78 is 17.7. The summed E-state index contributed by atoms with van der Waals surface area (Å²) in [6, 6.07) is 11.0. The maximum Gasteiger partial charge on any atom is 0.229 e. The van der Waals surface area contributed by atoms with Gasteiger partial charge in [-0.05, 0) is 30.2 Å². The first-order valence-electron chi connectivity index (χ1n) is 12.6. The zero-order valence-electron chi connectivity index (χ0n) is 19.8. The van der Waals surface area contributed by atoms with Gasteiger partial charge in [0, 0.05) is 61.1 Å². The first kappa shape index (κ1) is 20.6. The van der Waals surface area contributed by atoms with Gasteiger partial charge in [0.25, 0.3) is 0 Å². The number of morpholine rings is 2. The molecule has 3 aliphatic rings. The lowest BCUT2D eigenvalue weighted by atomic mass is 10.1. The topological polar surface area (TPSA) is 92.5 Å². The van der Waals surface area contributed by atoms with E-state index in [1.165, 1.54) is 5.56 Å². The second kappa shape index (κ2) is 7.99. The van der Waals surface area contributed by atoms with Gasteiger partial charge >= 0.3 is 0 Å². The number of furan rings is 1. The lowest BCUT2D eigenvalue weighted by Gasteiger charge is -2.27. The Morgan fingerprint density at radius 2 is 2.03 bits per heavy atom. The summed E-state index contributed by atoms with van der Waals surface area (Å²) in [5.74, 6) is 1.50. The first-order chi connectivity index (χ1) is 17.8. The highest BCUT2D eigenvalue weighted by Gasteiger charge is 2.38. The number of nitrogens with one attached hydrogen (secondary N) is 1. The van der Waals surface area contributed by atoms with Crippen molar-refractivity contribution >= 4 is 38.9 Å². The molecule has 4 aromatic heterocycles. The van der Waals surface area contributed by atoms with E-state index in [1.54, 1.807) is 0 Å². The van der Waals surface area contributed by atoms with Crippen molar-refractivity contribution in [3.63, 3.8) is 0 Å². The number of benzene rings is 1. The minimum atomic E-state index is 0.379. The average molecular weight is 483 g/mol. The molecule has 2 atom stereocenters. The maximum atomic E-state index is 6.32. The average Bonchev–Trinajstić information content (AvgIpc) is 3.72. The zero-order valence-corrected chi connectivity index (χ0v) is 19.8. The molecule has 36 heavy (non-hydrogen) atoms. The van der Waals surface area contributed by atoms with E-state index in [-0.39, 0.29) is 0 Å². The van der Waals surface area contributed by atoms with Crippen molar-refractivity contribution in [2.45, 2.75) is 25.1 Å². The van der Waals surface area contributed by atoms with Gasteiger partial charge in [-0.2, -0.15) is 0 Å². The van der Waals surface area contributed by atoms with Gasteiger partial charge < -0.3 is 23.8 Å². The van der Waals surface area contributed by atoms with E-state index < -0.39 is 0 Å². The van der Waals surface area contributed by atoms with Crippen LogP contribution in [-0.4, -0.2) is 76.4 Å². The summed E-state index contributed by atoms with van der Waals surface area (Å²) in [4.78, 5) is 22.9. The predicted octanol–water partition coefficient (Wildman–Crippen LogP) is 3.73. The van der Waals surface area contributed by atoms with E-state index in [0.29, 0.717) is 42.5 Å². The number of hydrogen-bond donors (Lipinski definition) is 1. The van der Waals surface area contributed by atoms with Gasteiger partial charge in [0.05, 0.1) is 31.3 Å². The highest BCUT2D eigenvalue weighted by molar-refractivity contribution is 6.06. The summed E-state index contributed by atoms with van der Waals surface area (Å²) >= 11 is 0. The molecular formula is C27H26N6O3. The minimum absolute atomic E-state index is 0.379. The number of fused-ring (bicyclic) bond motifs is 6. The summed E-state index contributed by atoms with van der Waals surface area (Å²) in [7, 11) is 0. The van der Waals surface area contributed by atoms with E-state index in [0.717, 1.165) is 72.4 Å². The number of aromatic amines is 1. The number of aromatic nitrogens is 4. The largest absolute Gasteiger partial charge is 0.432 e. The molecule has 1 N–H and O–H groups in total. The van der Waals surface area contributed by atoms with Gasteiger partial charge in [0.2, 0.25) is 5.71 Å². The van der Waals surface area contributed by atoms with Crippen LogP contribution in [0.1, 0.15) is 12.0 Å². The zero-order chi connectivity index (χ0) is 23.6. The van der Waals surface area contributed by atoms with E-state index in [9.17, 15) is 0 Å². The van der Waals surface area contributed by atoms with Crippen LogP contribution in [-0.2, 0) is 16.0 Å². The molecule has 0 aliphatic carbocycles. The number of nitrogens with zero attached hydrogens (tertiary/aromatic N) is 5. The Bertz CT molecular complexity index is 1600. The van der Waals surface area contributed by atoms with Crippen LogP contribution >= 0.6 is 0 Å². The number of H-pyrrole nitrogens is 1. The Morgan fingerprint density at radius 3 is 2.89 bits per heavy atom. The smallest absolute Gasteiger partial charge is 0.229 e. The number of hydrogen-bond acceptors (Lipinski definition) is 8. The van der Waals surface area contributed by atoms with Crippen LogP contribution in [0.2, 0.25) is 0 Å². The van der Waals surface area contributed by atoms with E-state index in [4.69, 9.17) is 28.8 Å². The van der Waals surface area contributed by atoms with Crippen molar-refractivity contribution in [2.75, 3.05) is 44.4 Å². The number of ether oxygens (including phenoxy) is 2. The molecule has 1 aromatic carbocycles. The molecule has 3 aliphatic heterocycles. The maximum absolute atomic E-state index is 6.32. The highest BCUT2D eigenvalue weighted by atomic mass is 16.5. The van der Waals surface area contributed by atoms with Crippen LogP contribution in [0.25, 0.3) is 44.5 Å². The van der Waals surface area contributed by atoms with Crippen molar-refractivity contribution in [2.24, 2.45) is 0 Å². The predicted molar refractivity (Wildman–Crippen MR) is 136 cm³/mol. The van der Waals surface area contributed by atoms with Crippen LogP contribution in [0.3, 0.4) is 0 Å². The lowest BCUT2D eigenvalue weighted by molar-refractivity contribution is 0.0273. The third kappa shape index (κ3) is 3.23. The number of pyridine rings is 1. The summed E-state index contributed by atoms with van der Waals surface area (Å²) in [5, 5.41) is 2.03. The molecule has 0 spiro atoms. The van der Waals surface area contributed by atoms with Crippen molar-refractivity contribution in [3.05, 3.63) is 48.3 Å². The molecular weight excluding hydrogens is 456 g/mol. The van der Waals surface area contributed by atoms with E-state index in [1.807, 2.05) is 18.5 Å². The summed E-state index contributed by atoms with van der Waals surface area (Å²) in [5.41, 5.74) is 5.32. The van der Waals surface area contributed by atoms with E-state index >= 15 is 0 Å². The molecule has 7 heterocycles. The van der Waals surface area contributed by atoms with Crippen molar-refractivity contribution < 1.29 is 13.9 Å². The third-order valence-electron chi connectivity index (χ3n) is 7.76. The quantitative estimate of drug-likeness (QED) is 0.414. The van der Waals surface area contributed by atoms with Gasteiger partial charge in [-0.1, -0.05) is 12.1 Å². The molecule has 182 valence electrons. The SMILES string of the molecule is c1cc(-c2nc(N3CCOCC3)c3oc4ncc(CN5CC6C[C@H]5CO6)cc4c3n2)c2cc[nH]c2c1. The van der Waals surface area contributed by atoms with Crippen LogP contribution in [0.15, 0.2) is 47.1 Å². The second-order valence-electron chi connectivity index (χ2n) is 9.97. The number of rotatable bonds is 4. The summed E-state index contributed by atoms with van der Waals surface area (Å²) in [6.45, 7) is 5.53. The van der Waals surface area contributed by atoms with Gasteiger partial charge in [-0.3, -0.25) is 4.90 Å². The molecule has 2 bridgehead atoms. The molecule has 3 fully saturated rings. The van der Waals surface area contributed by atoms with Crippen LogP contribution in [0.4, 0.5) is 5.82 Å². The second-order valence-corrected chi connectivity index (χ2v) is 9.97. The molecule has 0 saturated carbocycles. The molecule has 9 nitrogen and oxygen atoms in total. The molecule has 0 radical (unpaired) electrons. The van der Waals surface area contributed by atoms with Gasteiger partial charge in [-0.25, -0.2) is 15.0 Å². The molecule has 3 saturated heterocycles. The Labute approximate surface area is 207 Å². The monoisotopic (exact) mass is 482 g/mol. The molecule has 1 unspecified atom stereocenters. The summed E-state index contributed by atoms with van der Waals surface area (Å²) in [6.07, 6.45) is 5.40. The Hall–Kier alpha value is -3.53. The van der Waals surface area contributed by atoms with Crippen LogP contribution in [0.5, 0.6) is 0 Å². The van der Waals surface area contributed by atoms with E-state index in [2.05, 4.69) is 39.0 Å². The molecule has 8 rings (SSSR count). The fraction of sp³-hybridized carbons (Fsp3) is 0.370. The fourth-order valence-corrected chi connectivity index (χ4v) is 5.94. The van der Waals surface area contributed by atoms with Crippen LogP contribution < -0.4 is 4.90 Å². The molecule has 0 amide bonds. The fourth-order valence-electron chi connectivity index (χ4n) is 5.94. The Kier molecular flexibility index (Phi) is 4.58.